The Morgan fingerprint density at radius 1 is 1.24 bits per heavy atom. The van der Waals surface area contributed by atoms with Crippen LogP contribution in [0.3, 0.4) is 0 Å². The zero-order chi connectivity index (χ0) is 20.6. The van der Waals surface area contributed by atoms with Crippen molar-refractivity contribution in [2.75, 3.05) is 33.4 Å². The van der Waals surface area contributed by atoms with Gasteiger partial charge in [-0.2, -0.15) is 0 Å². The van der Waals surface area contributed by atoms with Gasteiger partial charge in [-0.25, -0.2) is 4.68 Å². The topological polar surface area (TPSA) is 98.6 Å². The molecule has 1 N–H and O–H groups in total. The Balaban J connectivity index is 1.49. The summed E-state index contributed by atoms with van der Waals surface area (Å²) in [5, 5.41) is 10.8. The van der Waals surface area contributed by atoms with Crippen molar-refractivity contribution in [2.24, 2.45) is 0 Å². The van der Waals surface area contributed by atoms with Gasteiger partial charge in [0.2, 0.25) is 0 Å². The van der Waals surface area contributed by atoms with E-state index in [-0.39, 0.29) is 23.6 Å². The molecule has 0 saturated carbocycles. The van der Waals surface area contributed by atoms with Crippen molar-refractivity contribution in [3.63, 3.8) is 0 Å². The zero-order valence-electron chi connectivity index (χ0n) is 16.8. The Labute approximate surface area is 170 Å². The van der Waals surface area contributed by atoms with Crippen molar-refractivity contribution < 1.29 is 19.1 Å². The number of benzene rings is 1. The van der Waals surface area contributed by atoms with E-state index in [2.05, 4.69) is 15.6 Å². The van der Waals surface area contributed by atoms with Gasteiger partial charge < -0.3 is 19.7 Å². The number of amides is 2. The van der Waals surface area contributed by atoms with Crippen LogP contribution in [0.15, 0.2) is 36.5 Å². The summed E-state index contributed by atoms with van der Waals surface area (Å²) in [6.45, 7) is 3.86. The maximum Gasteiger partial charge on any atom is 0.273 e. The third-order valence-electron chi connectivity index (χ3n) is 4.89. The Kier molecular flexibility index (Phi) is 7.18. The molecule has 0 radical (unpaired) electrons. The van der Waals surface area contributed by atoms with Crippen LogP contribution in [0.1, 0.15) is 36.3 Å². The number of aromatic nitrogens is 3. The summed E-state index contributed by atoms with van der Waals surface area (Å²) in [5.74, 6) is 0.388. The zero-order valence-corrected chi connectivity index (χ0v) is 16.8. The van der Waals surface area contributed by atoms with Gasteiger partial charge in [0.25, 0.3) is 11.8 Å². The summed E-state index contributed by atoms with van der Waals surface area (Å²) in [4.78, 5) is 26.5. The van der Waals surface area contributed by atoms with E-state index in [1.807, 2.05) is 35.2 Å². The van der Waals surface area contributed by atoms with Crippen LogP contribution in [0.25, 0.3) is 0 Å². The standard InChI is InChI=1S/C20H27N5O4/c1-15(29-17-6-4-3-5-7-17)20(27)24-11-8-16(9-12-24)25-14-18(22-23-25)19(26)21-10-13-28-2/h3-7,14-16H,8-13H2,1-2H3,(H,21,26)/t15-/m0/s1. The maximum absolute atomic E-state index is 12.7. The molecule has 1 aliphatic heterocycles. The second kappa shape index (κ2) is 10.0. The molecule has 1 aromatic carbocycles. The lowest BCUT2D eigenvalue weighted by Gasteiger charge is -2.33. The van der Waals surface area contributed by atoms with E-state index in [4.69, 9.17) is 9.47 Å². The molecule has 1 aliphatic rings. The first-order valence-corrected chi connectivity index (χ1v) is 9.78. The van der Waals surface area contributed by atoms with Crippen LogP contribution < -0.4 is 10.1 Å². The molecule has 0 unspecified atom stereocenters. The summed E-state index contributed by atoms with van der Waals surface area (Å²) in [6.07, 6.45) is 2.61. The molecule has 156 valence electrons. The SMILES string of the molecule is COCCNC(=O)c1cn(C2CCN(C(=O)[C@H](C)Oc3ccccc3)CC2)nn1. The van der Waals surface area contributed by atoms with E-state index < -0.39 is 6.10 Å². The van der Waals surface area contributed by atoms with E-state index in [1.54, 1.807) is 24.9 Å². The van der Waals surface area contributed by atoms with Crippen molar-refractivity contribution in [1.82, 2.24) is 25.2 Å². The van der Waals surface area contributed by atoms with Crippen LogP contribution in [-0.4, -0.2) is 71.2 Å². The van der Waals surface area contributed by atoms with Crippen LogP contribution in [0, 0.1) is 0 Å². The fraction of sp³-hybridized carbons (Fsp3) is 0.500. The summed E-state index contributed by atoms with van der Waals surface area (Å²) < 4.78 is 12.4. The molecule has 2 amide bonds. The van der Waals surface area contributed by atoms with Gasteiger partial charge in [0.1, 0.15) is 5.75 Å². The van der Waals surface area contributed by atoms with Gasteiger partial charge in [-0.3, -0.25) is 9.59 Å². The fourth-order valence-corrected chi connectivity index (χ4v) is 3.28. The third kappa shape index (κ3) is 5.54. The Hall–Kier alpha value is -2.94. The molecule has 2 aromatic rings. The monoisotopic (exact) mass is 401 g/mol. The lowest BCUT2D eigenvalue weighted by molar-refractivity contribution is -0.139. The third-order valence-corrected chi connectivity index (χ3v) is 4.89. The highest BCUT2D eigenvalue weighted by atomic mass is 16.5. The minimum Gasteiger partial charge on any atom is -0.481 e. The largest absolute Gasteiger partial charge is 0.481 e. The van der Waals surface area contributed by atoms with E-state index >= 15 is 0 Å². The number of rotatable bonds is 8. The molecule has 0 bridgehead atoms. The lowest BCUT2D eigenvalue weighted by atomic mass is 10.0. The van der Waals surface area contributed by atoms with E-state index in [1.165, 1.54) is 0 Å². The first-order valence-electron chi connectivity index (χ1n) is 9.78. The molecule has 3 rings (SSSR count). The quantitative estimate of drug-likeness (QED) is 0.669. The molecule has 9 nitrogen and oxygen atoms in total. The van der Waals surface area contributed by atoms with Gasteiger partial charge in [0.15, 0.2) is 11.8 Å². The predicted molar refractivity (Wildman–Crippen MR) is 106 cm³/mol. The van der Waals surface area contributed by atoms with Crippen molar-refractivity contribution in [1.29, 1.82) is 0 Å². The number of hydrogen-bond acceptors (Lipinski definition) is 6. The minimum absolute atomic E-state index is 0.0240. The second-order valence-corrected chi connectivity index (χ2v) is 6.96. The number of nitrogens with one attached hydrogen (secondary N) is 1. The molecule has 0 spiro atoms. The van der Waals surface area contributed by atoms with E-state index in [0.717, 1.165) is 12.8 Å². The number of hydrogen-bond donors (Lipinski definition) is 1. The van der Waals surface area contributed by atoms with Crippen molar-refractivity contribution in [3.8, 4) is 5.75 Å². The number of piperidine rings is 1. The Morgan fingerprint density at radius 2 is 1.97 bits per heavy atom. The molecule has 1 aromatic heterocycles. The molecular weight excluding hydrogens is 374 g/mol. The summed E-state index contributed by atoms with van der Waals surface area (Å²) in [5.41, 5.74) is 0.282. The normalized spacial score (nSPS) is 15.7. The van der Waals surface area contributed by atoms with Crippen LogP contribution in [-0.2, 0) is 9.53 Å². The molecule has 0 aliphatic carbocycles. The molecule has 1 atom stereocenters. The predicted octanol–water partition coefficient (Wildman–Crippen LogP) is 1.29. The van der Waals surface area contributed by atoms with Gasteiger partial charge in [-0.1, -0.05) is 23.4 Å². The second-order valence-electron chi connectivity index (χ2n) is 6.96. The molecular formula is C20H27N5O4. The van der Waals surface area contributed by atoms with Gasteiger partial charge in [-0.05, 0) is 31.9 Å². The summed E-state index contributed by atoms with van der Waals surface area (Å²) in [6, 6.07) is 9.44. The molecule has 2 heterocycles. The smallest absolute Gasteiger partial charge is 0.273 e. The van der Waals surface area contributed by atoms with Crippen LogP contribution in [0.5, 0.6) is 5.75 Å². The van der Waals surface area contributed by atoms with Crippen LogP contribution in [0.4, 0.5) is 0 Å². The summed E-state index contributed by atoms with van der Waals surface area (Å²) in [7, 11) is 1.58. The fourth-order valence-electron chi connectivity index (χ4n) is 3.28. The average molecular weight is 401 g/mol. The van der Waals surface area contributed by atoms with Crippen molar-refractivity contribution in [3.05, 3.63) is 42.2 Å². The maximum atomic E-state index is 12.7. The number of ether oxygens (including phenoxy) is 2. The van der Waals surface area contributed by atoms with Gasteiger partial charge >= 0.3 is 0 Å². The van der Waals surface area contributed by atoms with Crippen LogP contribution in [0.2, 0.25) is 0 Å². The Morgan fingerprint density at radius 3 is 2.66 bits per heavy atom. The van der Waals surface area contributed by atoms with Gasteiger partial charge in [0, 0.05) is 26.7 Å². The van der Waals surface area contributed by atoms with Crippen LogP contribution >= 0.6 is 0 Å². The molecule has 9 heteroatoms. The number of para-hydroxylation sites is 1. The van der Waals surface area contributed by atoms with Crippen molar-refractivity contribution in [2.45, 2.75) is 31.9 Å². The van der Waals surface area contributed by atoms with Gasteiger partial charge in [-0.15, -0.1) is 5.10 Å². The van der Waals surface area contributed by atoms with E-state index in [0.29, 0.717) is 32.0 Å². The number of nitrogens with zero attached hydrogens (tertiary/aromatic N) is 4. The number of methoxy groups -OCH3 is 1. The highest BCUT2D eigenvalue weighted by Crippen LogP contribution is 2.23. The number of likely N-dealkylation sites (tertiary alicyclic amines) is 1. The lowest BCUT2D eigenvalue weighted by Crippen LogP contribution is -2.45. The highest BCUT2D eigenvalue weighted by Gasteiger charge is 2.28. The van der Waals surface area contributed by atoms with Gasteiger partial charge in [0.05, 0.1) is 18.8 Å². The molecule has 1 saturated heterocycles. The first kappa shape index (κ1) is 20.8. The molecule has 1 fully saturated rings. The highest BCUT2D eigenvalue weighted by molar-refractivity contribution is 5.91. The Bertz CT molecular complexity index is 802. The first-order chi connectivity index (χ1) is 14.1. The number of carbonyl (C=O) groups is 2. The number of carbonyl (C=O) groups excluding carboxylic acids is 2. The van der Waals surface area contributed by atoms with Crippen molar-refractivity contribution >= 4 is 11.8 Å². The molecule has 29 heavy (non-hydrogen) atoms. The minimum atomic E-state index is -0.539. The summed E-state index contributed by atoms with van der Waals surface area (Å²) >= 11 is 0. The average Bonchev–Trinajstić information content (AvgIpc) is 3.24. The van der Waals surface area contributed by atoms with E-state index in [9.17, 15) is 9.59 Å².